The lowest BCUT2D eigenvalue weighted by Gasteiger charge is -2.26. The molecule has 0 bridgehead atoms. The molecule has 3 fully saturated rings. The number of thioether (sulfide) groups is 1. The number of amides is 5. The standard InChI is InChI=1S/C22H34N4O6S/c1-2-25-21-15(24-22(25)31)14-33-16(21)8-5-6-9-17(27)23-13-7-3-4-10-20(30)32-26-18(28)11-12-19(26)29/h15-16,21H,2-14H2,1H3,(H,23,27)(H,24,31)/t15-,16-,21?/m0/s1. The Morgan fingerprint density at radius 1 is 1.06 bits per heavy atom. The average molecular weight is 483 g/mol. The molecule has 2 N–H and O–H groups in total. The van der Waals surface area contributed by atoms with Gasteiger partial charge in [0, 0.05) is 49.8 Å². The van der Waals surface area contributed by atoms with Gasteiger partial charge in [0.25, 0.3) is 11.8 Å². The zero-order valence-electron chi connectivity index (χ0n) is 19.2. The van der Waals surface area contributed by atoms with E-state index >= 15 is 0 Å². The van der Waals surface area contributed by atoms with Crippen molar-refractivity contribution < 1.29 is 28.8 Å². The zero-order chi connectivity index (χ0) is 23.8. The van der Waals surface area contributed by atoms with Crippen LogP contribution >= 0.6 is 11.8 Å². The summed E-state index contributed by atoms with van der Waals surface area (Å²) in [4.78, 5) is 65.3. The van der Waals surface area contributed by atoms with Gasteiger partial charge >= 0.3 is 12.0 Å². The third-order valence-electron chi connectivity index (χ3n) is 6.27. The summed E-state index contributed by atoms with van der Waals surface area (Å²) in [6, 6.07) is 0.573. The van der Waals surface area contributed by atoms with E-state index in [1.807, 2.05) is 23.6 Å². The summed E-state index contributed by atoms with van der Waals surface area (Å²) in [6.45, 7) is 3.29. The SMILES string of the molecule is CCN1C(=O)N[C@H]2CS[C@@H](CCCCC(=O)NCCCCCC(=O)ON3C(=O)CCC3=O)C21. The van der Waals surface area contributed by atoms with Crippen molar-refractivity contribution >= 4 is 41.5 Å². The third kappa shape index (κ3) is 6.84. The van der Waals surface area contributed by atoms with E-state index in [9.17, 15) is 24.0 Å². The Balaban J connectivity index is 1.18. The second-order valence-corrected chi connectivity index (χ2v) is 9.93. The first-order valence-corrected chi connectivity index (χ1v) is 13.0. The van der Waals surface area contributed by atoms with Crippen LogP contribution in [0.25, 0.3) is 0 Å². The molecule has 0 aromatic carbocycles. The maximum Gasteiger partial charge on any atom is 0.333 e. The van der Waals surface area contributed by atoms with Crippen LogP contribution in [-0.2, 0) is 24.0 Å². The van der Waals surface area contributed by atoms with Crippen LogP contribution in [0.15, 0.2) is 0 Å². The second kappa shape index (κ2) is 12.2. The Hall–Kier alpha value is -2.30. The van der Waals surface area contributed by atoms with E-state index in [-0.39, 0.29) is 43.3 Å². The zero-order valence-corrected chi connectivity index (χ0v) is 20.0. The summed E-state index contributed by atoms with van der Waals surface area (Å²) < 4.78 is 0. The van der Waals surface area contributed by atoms with E-state index in [0.717, 1.165) is 44.4 Å². The minimum atomic E-state index is -0.589. The normalized spacial score (nSPS) is 24.3. The molecule has 3 saturated heterocycles. The van der Waals surface area contributed by atoms with Crippen LogP contribution in [-0.4, -0.2) is 75.9 Å². The molecule has 0 aromatic heterocycles. The van der Waals surface area contributed by atoms with E-state index in [0.29, 0.717) is 29.7 Å². The van der Waals surface area contributed by atoms with Gasteiger partial charge in [0.05, 0.1) is 12.1 Å². The number of hydrogen-bond acceptors (Lipinski definition) is 7. The Morgan fingerprint density at radius 3 is 2.52 bits per heavy atom. The van der Waals surface area contributed by atoms with Crippen LogP contribution in [0.3, 0.4) is 0 Å². The number of urea groups is 1. The van der Waals surface area contributed by atoms with Gasteiger partial charge in [-0.1, -0.05) is 12.8 Å². The number of nitrogens with zero attached hydrogens (tertiary/aromatic N) is 2. The Labute approximate surface area is 198 Å². The molecule has 0 spiro atoms. The summed E-state index contributed by atoms with van der Waals surface area (Å²) in [5.74, 6) is -0.546. The van der Waals surface area contributed by atoms with Crippen LogP contribution in [0, 0.1) is 0 Å². The van der Waals surface area contributed by atoms with Crippen molar-refractivity contribution in [3.05, 3.63) is 0 Å². The van der Waals surface area contributed by atoms with E-state index in [4.69, 9.17) is 4.84 Å². The molecule has 0 radical (unpaired) electrons. The number of carbonyl (C=O) groups excluding carboxylic acids is 5. The van der Waals surface area contributed by atoms with Gasteiger partial charge in [-0.25, -0.2) is 9.59 Å². The van der Waals surface area contributed by atoms with Gasteiger partial charge < -0.3 is 20.4 Å². The molecule has 184 valence electrons. The number of imide groups is 1. The molecule has 3 heterocycles. The van der Waals surface area contributed by atoms with Crippen LogP contribution < -0.4 is 10.6 Å². The highest BCUT2D eigenvalue weighted by molar-refractivity contribution is 8.00. The van der Waals surface area contributed by atoms with Crippen molar-refractivity contribution in [2.45, 2.75) is 88.5 Å². The summed E-state index contributed by atoms with van der Waals surface area (Å²) in [6.07, 6.45) is 5.64. The van der Waals surface area contributed by atoms with E-state index in [2.05, 4.69) is 10.6 Å². The first kappa shape index (κ1) is 25.3. The summed E-state index contributed by atoms with van der Waals surface area (Å²) >= 11 is 1.92. The van der Waals surface area contributed by atoms with Crippen LogP contribution in [0.4, 0.5) is 4.79 Å². The number of fused-ring (bicyclic) bond motifs is 1. The van der Waals surface area contributed by atoms with Crippen molar-refractivity contribution in [2.24, 2.45) is 0 Å². The van der Waals surface area contributed by atoms with Gasteiger partial charge in [0.15, 0.2) is 0 Å². The molecule has 10 nitrogen and oxygen atoms in total. The number of carbonyl (C=O) groups is 5. The lowest BCUT2D eigenvalue weighted by atomic mass is 10.0. The van der Waals surface area contributed by atoms with Crippen LogP contribution in [0.1, 0.15) is 71.1 Å². The molecule has 0 aliphatic carbocycles. The van der Waals surface area contributed by atoms with Crippen molar-refractivity contribution in [1.29, 1.82) is 0 Å². The van der Waals surface area contributed by atoms with Crippen molar-refractivity contribution in [2.75, 3.05) is 18.8 Å². The largest absolute Gasteiger partial charge is 0.356 e. The third-order valence-corrected chi connectivity index (χ3v) is 7.77. The number of hydrogen-bond donors (Lipinski definition) is 2. The van der Waals surface area contributed by atoms with E-state index < -0.39 is 17.8 Å². The molecule has 3 rings (SSSR count). The molecular weight excluding hydrogens is 448 g/mol. The van der Waals surface area contributed by atoms with Crippen LogP contribution in [0.2, 0.25) is 0 Å². The molecule has 3 aliphatic heterocycles. The molecule has 11 heteroatoms. The molecule has 1 unspecified atom stereocenters. The topological polar surface area (TPSA) is 125 Å². The lowest BCUT2D eigenvalue weighted by Crippen LogP contribution is -2.40. The first-order chi connectivity index (χ1) is 15.9. The van der Waals surface area contributed by atoms with Crippen molar-refractivity contribution in [3.8, 4) is 0 Å². The Morgan fingerprint density at radius 2 is 1.79 bits per heavy atom. The van der Waals surface area contributed by atoms with E-state index in [1.165, 1.54) is 0 Å². The van der Waals surface area contributed by atoms with Gasteiger partial charge in [-0.05, 0) is 32.6 Å². The fourth-order valence-electron chi connectivity index (χ4n) is 4.54. The maximum atomic E-state index is 12.0. The van der Waals surface area contributed by atoms with Gasteiger partial charge in [0.2, 0.25) is 5.91 Å². The van der Waals surface area contributed by atoms with Gasteiger partial charge in [-0.2, -0.15) is 11.8 Å². The highest BCUT2D eigenvalue weighted by Gasteiger charge is 2.47. The smallest absolute Gasteiger partial charge is 0.333 e. The Bertz CT molecular complexity index is 747. The molecule has 0 saturated carbocycles. The fraction of sp³-hybridized carbons (Fsp3) is 0.773. The maximum absolute atomic E-state index is 12.0. The monoisotopic (exact) mass is 482 g/mol. The summed E-state index contributed by atoms with van der Waals surface area (Å²) in [5.41, 5.74) is 0. The van der Waals surface area contributed by atoms with Gasteiger partial charge in [-0.3, -0.25) is 14.4 Å². The fourth-order valence-corrected chi connectivity index (χ4v) is 6.14. The molecule has 0 aromatic rings. The predicted molar refractivity (Wildman–Crippen MR) is 122 cm³/mol. The molecule has 3 aliphatic rings. The number of nitrogens with one attached hydrogen (secondary N) is 2. The molecule has 33 heavy (non-hydrogen) atoms. The number of rotatable bonds is 13. The van der Waals surface area contributed by atoms with Crippen molar-refractivity contribution in [1.82, 2.24) is 20.6 Å². The van der Waals surface area contributed by atoms with Gasteiger partial charge in [0.1, 0.15) is 0 Å². The number of likely N-dealkylation sites (N-methyl/N-ethyl adjacent to an activating group) is 1. The first-order valence-electron chi connectivity index (χ1n) is 11.9. The quantitative estimate of drug-likeness (QED) is 0.233. The highest BCUT2D eigenvalue weighted by Crippen LogP contribution is 2.37. The Kier molecular flexibility index (Phi) is 9.40. The van der Waals surface area contributed by atoms with Crippen molar-refractivity contribution in [3.63, 3.8) is 0 Å². The minimum Gasteiger partial charge on any atom is -0.356 e. The molecule has 5 amide bonds. The minimum absolute atomic E-state index is 0.0327. The van der Waals surface area contributed by atoms with Gasteiger partial charge in [-0.15, -0.1) is 5.06 Å². The second-order valence-electron chi connectivity index (χ2n) is 8.66. The lowest BCUT2D eigenvalue weighted by molar-refractivity contribution is -0.197. The molecule has 3 atom stereocenters. The highest BCUT2D eigenvalue weighted by atomic mass is 32.2. The molecular formula is C22H34N4O6S. The number of unbranched alkanes of at least 4 members (excludes halogenated alkanes) is 3. The summed E-state index contributed by atoms with van der Waals surface area (Å²) in [5, 5.41) is 6.98. The van der Waals surface area contributed by atoms with E-state index in [1.54, 1.807) is 0 Å². The van der Waals surface area contributed by atoms with Crippen LogP contribution in [0.5, 0.6) is 0 Å². The average Bonchev–Trinajstić information content (AvgIpc) is 3.42. The summed E-state index contributed by atoms with van der Waals surface area (Å²) in [7, 11) is 0. The number of hydroxylamine groups is 2. The predicted octanol–water partition coefficient (Wildman–Crippen LogP) is 1.73.